The highest BCUT2D eigenvalue weighted by Gasteiger charge is 2.14. The SMILES string of the molecule is N#Cc1ccc(-c2c(Br)sc3cc(Br)sc23)cc1. The normalized spacial score (nSPS) is 10.7. The summed E-state index contributed by atoms with van der Waals surface area (Å²) in [4.78, 5) is 0. The Morgan fingerprint density at radius 1 is 1.06 bits per heavy atom. The van der Waals surface area contributed by atoms with Crippen LogP contribution in [0.3, 0.4) is 0 Å². The molecule has 0 saturated heterocycles. The van der Waals surface area contributed by atoms with E-state index in [0.29, 0.717) is 5.56 Å². The molecule has 0 N–H and O–H groups in total. The summed E-state index contributed by atoms with van der Waals surface area (Å²) in [5.74, 6) is 0. The lowest BCUT2D eigenvalue weighted by Gasteiger charge is -2.00. The fourth-order valence-electron chi connectivity index (χ4n) is 1.79. The van der Waals surface area contributed by atoms with Gasteiger partial charge in [-0.15, -0.1) is 22.7 Å². The van der Waals surface area contributed by atoms with Gasteiger partial charge < -0.3 is 0 Å². The second kappa shape index (κ2) is 4.78. The van der Waals surface area contributed by atoms with Crippen LogP contribution < -0.4 is 0 Å². The second-order valence-corrected chi connectivity index (χ2v) is 8.49. The number of thiophene rings is 2. The van der Waals surface area contributed by atoms with Crippen LogP contribution in [-0.2, 0) is 0 Å². The Hall–Kier alpha value is -0.670. The van der Waals surface area contributed by atoms with Gasteiger partial charge in [-0.25, -0.2) is 0 Å². The Kier molecular flexibility index (Phi) is 3.29. The van der Waals surface area contributed by atoms with Crippen molar-refractivity contribution in [2.75, 3.05) is 0 Å². The lowest BCUT2D eigenvalue weighted by Crippen LogP contribution is -1.77. The lowest BCUT2D eigenvalue weighted by molar-refractivity contribution is 1.49. The number of nitrogens with zero attached hydrogens (tertiary/aromatic N) is 1. The maximum atomic E-state index is 8.83. The third kappa shape index (κ3) is 2.04. The van der Waals surface area contributed by atoms with Gasteiger partial charge in [-0.3, -0.25) is 0 Å². The zero-order valence-corrected chi connectivity index (χ0v) is 13.7. The molecule has 0 atom stereocenters. The molecular weight excluding hydrogens is 394 g/mol. The van der Waals surface area contributed by atoms with E-state index >= 15 is 0 Å². The van der Waals surface area contributed by atoms with Crippen molar-refractivity contribution in [2.45, 2.75) is 0 Å². The van der Waals surface area contributed by atoms with E-state index in [1.807, 2.05) is 24.3 Å². The first kappa shape index (κ1) is 12.4. The second-order valence-electron chi connectivity index (χ2n) is 3.68. The van der Waals surface area contributed by atoms with Crippen LogP contribution in [0.4, 0.5) is 0 Å². The first-order chi connectivity index (χ1) is 8.69. The summed E-state index contributed by atoms with van der Waals surface area (Å²) in [6, 6.07) is 12.0. The van der Waals surface area contributed by atoms with E-state index in [1.165, 1.54) is 15.0 Å². The van der Waals surface area contributed by atoms with Crippen molar-refractivity contribution in [1.29, 1.82) is 5.26 Å². The molecule has 5 heteroatoms. The van der Waals surface area contributed by atoms with Crippen LogP contribution in [0.15, 0.2) is 37.9 Å². The number of fused-ring (bicyclic) bond motifs is 1. The Balaban J connectivity index is 2.23. The van der Waals surface area contributed by atoms with Crippen LogP contribution in [0.5, 0.6) is 0 Å². The fourth-order valence-corrected chi connectivity index (χ4v) is 5.87. The minimum Gasteiger partial charge on any atom is -0.192 e. The molecule has 1 nitrogen and oxygen atoms in total. The van der Waals surface area contributed by atoms with E-state index in [2.05, 4.69) is 44.0 Å². The van der Waals surface area contributed by atoms with Gasteiger partial charge in [0.15, 0.2) is 0 Å². The van der Waals surface area contributed by atoms with Gasteiger partial charge in [0.25, 0.3) is 0 Å². The number of halogens is 2. The van der Waals surface area contributed by atoms with Gasteiger partial charge in [0.1, 0.15) is 0 Å². The molecule has 88 valence electrons. The fraction of sp³-hybridized carbons (Fsp3) is 0. The van der Waals surface area contributed by atoms with Gasteiger partial charge in [-0.2, -0.15) is 5.26 Å². The zero-order chi connectivity index (χ0) is 12.7. The Labute approximate surface area is 129 Å². The zero-order valence-electron chi connectivity index (χ0n) is 8.91. The van der Waals surface area contributed by atoms with Crippen LogP contribution in [0, 0.1) is 11.3 Å². The first-order valence-electron chi connectivity index (χ1n) is 5.07. The molecule has 2 aromatic heterocycles. The summed E-state index contributed by atoms with van der Waals surface area (Å²) in [7, 11) is 0. The molecule has 1 aromatic carbocycles. The summed E-state index contributed by atoms with van der Waals surface area (Å²) >= 11 is 10.6. The Bertz CT molecular complexity index is 763. The predicted octanol–water partition coefficient (Wildman–Crippen LogP) is 6.03. The number of nitriles is 1. The van der Waals surface area contributed by atoms with E-state index in [0.717, 1.165) is 13.1 Å². The minimum absolute atomic E-state index is 0.689. The highest BCUT2D eigenvalue weighted by Crippen LogP contribution is 2.47. The molecule has 0 aliphatic rings. The van der Waals surface area contributed by atoms with Crippen LogP contribution in [0.1, 0.15) is 5.56 Å². The van der Waals surface area contributed by atoms with Gasteiger partial charge in [-0.05, 0) is 55.6 Å². The topological polar surface area (TPSA) is 23.8 Å². The molecule has 0 radical (unpaired) electrons. The number of hydrogen-bond donors (Lipinski definition) is 0. The summed E-state index contributed by atoms with van der Waals surface area (Å²) < 4.78 is 4.84. The van der Waals surface area contributed by atoms with E-state index in [1.54, 1.807) is 22.7 Å². The molecule has 0 fully saturated rings. The van der Waals surface area contributed by atoms with Crippen molar-refractivity contribution in [1.82, 2.24) is 0 Å². The first-order valence-corrected chi connectivity index (χ1v) is 8.29. The number of hydrogen-bond acceptors (Lipinski definition) is 3. The molecule has 0 spiro atoms. The molecule has 0 aliphatic carbocycles. The molecule has 18 heavy (non-hydrogen) atoms. The molecule has 0 unspecified atom stereocenters. The van der Waals surface area contributed by atoms with Crippen molar-refractivity contribution in [3.63, 3.8) is 0 Å². The molecular formula is C13H5Br2NS2. The van der Waals surface area contributed by atoms with Crippen LogP contribution >= 0.6 is 54.5 Å². The van der Waals surface area contributed by atoms with Crippen molar-refractivity contribution in [3.8, 4) is 17.2 Å². The van der Waals surface area contributed by atoms with Crippen molar-refractivity contribution in [2.24, 2.45) is 0 Å². The van der Waals surface area contributed by atoms with Gasteiger partial charge in [0, 0.05) is 10.3 Å². The summed E-state index contributed by atoms with van der Waals surface area (Å²) in [5, 5.41) is 8.83. The number of benzene rings is 1. The standard InChI is InChI=1S/C13H5Br2NS2/c14-10-5-9-12(18-10)11(13(15)17-9)8-3-1-7(6-16)2-4-8/h1-5H. The Morgan fingerprint density at radius 2 is 1.78 bits per heavy atom. The van der Waals surface area contributed by atoms with E-state index in [9.17, 15) is 0 Å². The third-order valence-electron chi connectivity index (χ3n) is 2.59. The van der Waals surface area contributed by atoms with E-state index in [4.69, 9.17) is 5.26 Å². The maximum Gasteiger partial charge on any atom is 0.0991 e. The van der Waals surface area contributed by atoms with Crippen molar-refractivity contribution < 1.29 is 0 Å². The molecule has 0 amide bonds. The van der Waals surface area contributed by atoms with E-state index < -0.39 is 0 Å². The largest absolute Gasteiger partial charge is 0.192 e. The van der Waals surface area contributed by atoms with Gasteiger partial charge >= 0.3 is 0 Å². The van der Waals surface area contributed by atoms with Gasteiger partial charge in [0.2, 0.25) is 0 Å². The average molecular weight is 399 g/mol. The molecule has 0 saturated carbocycles. The molecule has 0 aliphatic heterocycles. The van der Waals surface area contributed by atoms with E-state index in [-0.39, 0.29) is 0 Å². The minimum atomic E-state index is 0.689. The predicted molar refractivity (Wildman–Crippen MR) is 85.3 cm³/mol. The molecule has 3 rings (SSSR count). The monoisotopic (exact) mass is 397 g/mol. The summed E-state index contributed by atoms with van der Waals surface area (Å²) in [6.07, 6.45) is 0. The van der Waals surface area contributed by atoms with Gasteiger partial charge in [-0.1, -0.05) is 12.1 Å². The van der Waals surface area contributed by atoms with Crippen LogP contribution in [0.25, 0.3) is 20.5 Å². The molecule has 2 heterocycles. The van der Waals surface area contributed by atoms with Crippen molar-refractivity contribution in [3.05, 3.63) is 43.5 Å². The maximum absolute atomic E-state index is 8.83. The van der Waals surface area contributed by atoms with Crippen LogP contribution in [-0.4, -0.2) is 0 Å². The Morgan fingerprint density at radius 3 is 2.44 bits per heavy atom. The average Bonchev–Trinajstić information content (AvgIpc) is 2.84. The van der Waals surface area contributed by atoms with Crippen molar-refractivity contribution >= 4 is 63.9 Å². The summed E-state index contributed by atoms with van der Waals surface area (Å²) in [5.41, 5.74) is 3.05. The van der Waals surface area contributed by atoms with Crippen LogP contribution in [0.2, 0.25) is 0 Å². The highest BCUT2D eigenvalue weighted by atomic mass is 79.9. The summed E-state index contributed by atoms with van der Waals surface area (Å²) in [6.45, 7) is 0. The number of rotatable bonds is 1. The molecule has 0 bridgehead atoms. The third-order valence-corrected chi connectivity index (χ3v) is 6.19. The molecule has 3 aromatic rings. The smallest absolute Gasteiger partial charge is 0.0991 e. The van der Waals surface area contributed by atoms with Gasteiger partial charge in [0.05, 0.1) is 23.9 Å². The lowest BCUT2D eigenvalue weighted by atomic mass is 10.1. The highest BCUT2D eigenvalue weighted by molar-refractivity contribution is 9.11. The quantitative estimate of drug-likeness (QED) is 0.491.